The van der Waals surface area contributed by atoms with E-state index in [1.54, 1.807) is 12.1 Å². The number of rotatable bonds is 8. The van der Waals surface area contributed by atoms with Crippen LogP contribution in [0.15, 0.2) is 84.9 Å². The molecule has 0 unspecified atom stereocenters. The Kier molecular flexibility index (Phi) is 7.54. The molecule has 1 aliphatic carbocycles. The van der Waals surface area contributed by atoms with Crippen LogP contribution in [0, 0.1) is 0 Å². The molecule has 0 aliphatic heterocycles. The number of fused-ring (bicyclic) bond motifs is 1. The van der Waals surface area contributed by atoms with Gasteiger partial charge in [0.15, 0.2) is 0 Å². The third kappa shape index (κ3) is 5.54. The molecule has 4 aromatic carbocycles. The van der Waals surface area contributed by atoms with E-state index in [2.05, 4.69) is 31.3 Å². The fraction of sp³-hybridized carbons (Fsp3) is 0.206. The number of aromatic nitrogens is 6. The number of tetrazole rings is 1. The van der Waals surface area contributed by atoms with E-state index in [1.165, 1.54) is 19.3 Å². The minimum atomic E-state index is -0.983. The third-order valence-electron chi connectivity index (χ3n) is 8.25. The number of imidazole rings is 1. The number of aromatic amines is 1. The molecule has 0 bridgehead atoms. The first-order valence-electron chi connectivity index (χ1n) is 14.6. The molecule has 1 saturated carbocycles. The van der Waals surface area contributed by atoms with Crippen LogP contribution in [0.4, 0.5) is 0 Å². The maximum absolute atomic E-state index is 11.7. The summed E-state index contributed by atoms with van der Waals surface area (Å²) < 4.78 is 8.59. The van der Waals surface area contributed by atoms with Gasteiger partial charge in [0.2, 0.25) is 5.82 Å². The molecule has 2 heterocycles. The molecule has 2 N–H and O–H groups in total. The molecular formula is C34H29ClN6O3. The van der Waals surface area contributed by atoms with Crippen molar-refractivity contribution in [2.75, 3.05) is 0 Å². The molecule has 1 aliphatic rings. The van der Waals surface area contributed by atoms with Crippen molar-refractivity contribution < 1.29 is 14.6 Å². The number of hydrogen-bond donors (Lipinski definition) is 2. The minimum Gasteiger partial charge on any atom is -0.489 e. The predicted molar refractivity (Wildman–Crippen MR) is 169 cm³/mol. The van der Waals surface area contributed by atoms with Crippen LogP contribution in [0.2, 0.25) is 5.02 Å². The normalized spacial score (nSPS) is 13.8. The number of hydrogen-bond acceptors (Lipinski definition) is 6. The zero-order valence-corrected chi connectivity index (χ0v) is 24.5. The SMILES string of the molecule is O=C(O)c1ccc(-c2ccc(Cl)cc2)c(COc2ccc(-c3nc4cc(-c5nn[nH]n5)ccc4n3C3CCCCC3)cc2)c1. The molecule has 9 nitrogen and oxygen atoms in total. The van der Waals surface area contributed by atoms with Crippen molar-refractivity contribution in [1.82, 2.24) is 30.2 Å². The van der Waals surface area contributed by atoms with Gasteiger partial charge < -0.3 is 14.4 Å². The summed E-state index contributed by atoms with van der Waals surface area (Å²) in [5, 5.41) is 24.7. The standard InChI is InChI=1S/C34H29ClN6O3/c35-26-12-6-21(7-13-26)29-16-10-24(34(42)43)18-25(29)20-44-28-14-8-22(9-15-28)33-36-30-19-23(32-37-39-40-38-32)11-17-31(30)41(33)27-4-2-1-3-5-27/h6-19,27H,1-5,20H2,(H,42,43)(H,37,38,39,40). The second kappa shape index (κ2) is 11.9. The Hall–Kier alpha value is -5.02. The molecule has 0 spiro atoms. The Morgan fingerprint density at radius 3 is 2.39 bits per heavy atom. The zero-order chi connectivity index (χ0) is 30.0. The number of H-pyrrole nitrogens is 1. The van der Waals surface area contributed by atoms with Crippen molar-refractivity contribution in [2.45, 2.75) is 44.8 Å². The van der Waals surface area contributed by atoms with Crippen LogP contribution in [0.3, 0.4) is 0 Å². The molecule has 7 rings (SSSR count). The van der Waals surface area contributed by atoms with E-state index in [0.29, 0.717) is 22.6 Å². The van der Waals surface area contributed by atoms with E-state index in [9.17, 15) is 9.90 Å². The van der Waals surface area contributed by atoms with Crippen LogP contribution >= 0.6 is 11.6 Å². The van der Waals surface area contributed by atoms with Gasteiger partial charge in [0.05, 0.1) is 16.6 Å². The van der Waals surface area contributed by atoms with Crippen molar-refractivity contribution in [3.63, 3.8) is 0 Å². The van der Waals surface area contributed by atoms with Gasteiger partial charge in [-0.25, -0.2) is 9.78 Å². The van der Waals surface area contributed by atoms with E-state index < -0.39 is 5.97 Å². The fourth-order valence-electron chi connectivity index (χ4n) is 6.05. The predicted octanol–water partition coefficient (Wildman–Crippen LogP) is 7.99. The highest BCUT2D eigenvalue weighted by molar-refractivity contribution is 6.30. The van der Waals surface area contributed by atoms with E-state index in [4.69, 9.17) is 21.3 Å². The first kappa shape index (κ1) is 27.8. The lowest BCUT2D eigenvalue weighted by atomic mass is 9.95. The highest BCUT2D eigenvalue weighted by atomic mass is 35.5. The number of carboxylic acid groups (broad SMARTS) is 1. The molecule has 10 heteroatoms. The van der Waals surface area contributed by atoms with Gasteiger partial charge in [-0.1, -0.05) is 49.1 Å². The van der Waals surface area contributed by atoms with Gasteiger partial charge in [-0.3, -0.25) is 0 Å². The summed E-state index contributed by atoms with van der Waals surface area (Å²) in [7, 11) is 0. The van der Waals surface area contributed by atoms with E-state index in [1.807, 2.05) is 66.7 Å². The zero-order valence-electron chi connectivity index (χ0n) is 23.8. The highest BCUT2D eigenvalue weighted by Crippen LogP contribution is 2.37. The monoisotopic (exact) mass is 604 g/mol. The quantitative estimate of drug-likeness (QED) is 0.181. The number of aromatic carboxylic acids is 1. The van der Waals surface area contributed by atoms with Gasteiger partial charge in [-0.05, 0) is 101 Å². The number of benzene rings is 4. The molecule has 0 radical (unpaired) electrons. The second-order valence-corrected chi connectivity index (χ2v) is 11.5. The van der Waals surface area contributed by atoms with E-state index >= 15 is 0 Å². The lowest BCUT2D eigenvalue weighted by molar-refractivity contribution is 0.0696. The Labute approximate surface area is 258 Å². The molecule has 0 saturated heterocycles. The molecule has 44 heavy (non-hydrogen) atoms. The van der Waals surface area contributed by atoms with Crippen LogP contribution in [0.5, 0.6) is 5.75 Å². The number of carboxylic acids is 1. The Morgan fingerprint density at radius 2 is 1.66 bits per heavy atom. The van der Waals surface area contributed by atoms with E-state index in [-0.39, 0.29) is 12.2 Å². The van der Waals surface area contributed by atoms with Crippen LogP contribution in [-0.4, -0.2) is 41.3 Å². The Bertz CT molecular complexity index is 1930. The lowest BCUT2D eigenvalue weighted by Gasteiger charge is -2.25. The molecule has 0 amide bonds. The summed E-state index contributed by atoms with van der Waals surface area (Å²) in [6.45, 7) is 0.206. The number of ether oxygens (including phenoxy) is 1. The Morgan fingerprint density at radius 1 is 0.909 bits per heavy atom. The molecule has 1 fully saturated rings. The summed E-state index contributed by atoms with van der Waals surface area (Å²) in [4.78, 5) is 16.8. The lowest BCUT2D eigenvalue weighted by Crippen LogP contribution is -2.14. The molecule has 220 valence electrons. The summed E-state index contributed by atoms with van der Waals surface area (Å²) in [5.74, 6) is 1.15. The number of nitrogens with one attached hydrogen (secondary N) is 1. The van der Waals surface area contributed by atoms with Crippen LogP contribution in [-0.2, 0) is 6.61 Å². The first-order valence-corrected chi connectivity index (χ1v) is 15.0. The van der Waals surface area contributed by atoms with Gasteiger partial charge in [-0.2, -0.15) is 5.21 Å². The topological polar surface area (TPSA) is 119 Å². The van der Waals surface area contributed by atoms with Crippen molar-refractivity contribution in [3.8, 4) is 39.7 Å². The summed E-state index contributed by atoms with van der Waals surface area (Å²) in [6, 6.07) is 27.0. The third-order valence-corrected chi connectivity index (χ3v) is 8.50. The minimum absolute atomic E-state index is 0.206. The van der Waals surface area contributed by atoms with Crippen molar-refractivity contribution in [1.29, 1.82) is 0 Å². The average molecular weight is 605 g/mol. The summed E-state index contributed by atoms with van der Waals surface area (Å²) in [6.07, 6.45) is 5.92. The molecular weight excluding hydrogens is 576 g/mol. The van der Waals surface area contributed by atoms with Gasteiger partial charge in [0.25, 0.3) is 0 Å². The van der Waals surface area contributed by atoms with Crippen LogP contribution in [0.1, 0.15) is 54.1 Å². The summed E-state index contributed by atoms with van der Waals surface area (Å²) in [5.41, 5.74) is 6.64. The van der Waals surface area contributed by atoms with Gasteiger partial charge >= 0.3 is 5.97 Å². The highest BCUT2D eigenvalue weighted by Gasteiger charge is 2.23. The average Bonchev–Trinajstić information content (AvgIpc) is 3.73. The van der Waals surface area contributed by atoms with Gasteiger partial charge in [-0.15, -0.1) is 10.2 Å². The van der Waals surface area contributed by atoms with Gasteiger partial charge in [0.1, 0.15) is 18.2 Å². The van der Waals surface area contributed by atoms with Crippen molar-refractivity contribution >= 4 is 28.6 Å². The molecule has 0 atom stereocenters. The van der Waals surface area contributed by atoms with Crippen molar-refractivity contribution in [3.05, 3.63) is 101 Å². The molecule has 6 aromatic rings. The maximum Gasteiger partial charge on any atom is 0.335 e. The number of halogens is 1. The van der Waals surface area contributed by atoms with Crippen LogP contribution < -0.4 is 4.74 Å². The smallest absolute Gasteiger partial charge is 0.335 e. The van der Waals surface area contributed by atoms with E-state index in [0.717, 1.165) is 57.5 Å². The molecule has 2 aromatic heterocycles. The number of nitrogens with zero attached hydrogens (tertiary/aromatic N) is 5. The summed E-state index contributed by atoms with van der Waals surface area (Å²) >= 11 is 6.09. The number of carbonyl (C=O) groups is 1. The fourth-order valence-corrected chi connectivity index (χ4v) is 6.18. The largest absolute Gasteiger partial charge is 0.489 e. The Balaban J connectivity index is 1.19. The van der Waals surface area contributed by atoms with Crippen molar-refractivity contribution in [2.24, 2.45) is 0 Å². The second-order valence-electron chi connectivity index (χ2n) is 11.0. The first-order chi connectivity index (χ1) is 21.5. The maximum atomic E-state index is 11.7. The van der Waals surface area contributed by atoms with Crippen LogP contribution in [0.25, 0.3) is 44.9 Å². The van der Waals surface area contributed by atoms with Gasteiger partial charge in [0, 0.05) is 22.2 Å².